The number of amides is 3. The number of fused-ring (bicyclic) bond motifs is 1. The first-order chi connectivity index (χ1) is 20.1. The Bertz CT molecular complexity index is 1270. The molecule has 1 aliphatic heterocycles. The molecular weight excluding hydrogens is 530 g/mol. The maximum Gasteiger partial charge on any atom is 0.337 e. The van der Waals surface area contributed by atoms with Gasteiger partial charge in [0.1, 0.15) is 0 Å². The molecule has 1 heterocycles. The number of carbonyl (C=O) groups is 2. The van der Waals surface area contributed by atoms with Gasteiger partial charge in [-0.1, -0.05) is 30.7 Å². The number of benzene rings is 2. The first-order valence-corrected chi connectivity index (χ1v) is 14.4. The predicted octanol–water partition coefficient (Wildman–Crippen LogP) is 5.60. The second-order valence-electron chi connectivity index (χ2n) is 10.0. The van der Waals surface area contributed by atoms with Crippen molar-refractivity contribution in [3.05, 3.63) is 83.1 Å². The second-order valence-corrected chi connectivity index (χ2v) is 10.0. The van der Waals surface area contributed by atoms with Crippen molar-refractivity contribution in [2.24, 2.45) is 5.10 Å². The molecule has 1 aliphatic rings. The minimum Gasteiger partial charge on any atom is -0.493 e. The van der Waals surface area contributed by atoms with Crippen molar-refractivity contribution < 1.29 is 19.1 Å². The fourth-order valence-electron chi connectivity index (χ4n) is 4.29. The van der Waals surface area contributed by atoms with Crippen molar-refractivity contribution in [1.82, 2.24) is 20.5 Å². The van der Waals surface area contributed by atoms with E-state index in [0.717, 1.165) is 36.2 Å². The molecule has 228 valence electrons. The smallest absolute Gasteiger partial charge is 0.337 e. The Hall–Kier alpha value is -4.27. The summed E-state index contributed by atoms with van der Waals surface area (Å²) in [4.78, 5) is 27.5. The molecule has 0 saturated carbocycles. The Kier molecular flexibility index (Phi) is 13.6. The van der Waals surface area contributed by atoms with Gasteiger partial charge in [0.2, 0.25) is 0 Å². The summed E-state index contributed by atoms with van der Waals surface area (Å²) in [6, 6.07) is 10.6. The molecule has 2 aromatic carbocycles. The molecule has 42 heavy (non-hydrogen) atoms. The van der Waals surface area contributed by atoms with Crippen molar-refractivity contribution in [3.8, 4) is 11.5 Å². The Balaban J connectivity index is 0.00000113. The van der Waals surface area contributed by atoms with Crippen LogP contribution in [0.3, 0.4) is 0 Å². The molecule has 2 aromatic rings. The molecule has 0 spiro atoms. The summed E-state index contributed by atoms with van der Waals surface area (Å²) in [6.45, 7) is 16.0. The summed E-state index contributed by atoms with van der Waals surface area (Å²) < 4.78 is 11.1. The summed E-state index contributed by atoms with van der Waals surface area (Å²) in [7, 11) is 4.77. The molecular formula is C33H47N5O4. The number of ether oxygens (including phenoxy) is 2. The highest BCUT2D eigenvalue weighted by Gasteiger charge is 2.28. The quantitative estimate of drug-likeness (QED) is 0.359. The predicted molar refractivity (Wildman–Crippen MR) is 171 cm³/mol. The van der Waals surface area contributed by atoms with Gasteiger partial charge in [-0.25, -0.2) is 9.80 Å². The van der Waals surface area contributed by atoms with E-state index in [2.05, 4.69) is 36.0 Å². The number of hydrogen-bond acceptors (Lipinski definition) is 6. The van der Waals surface area contributed by atoms with Crippen LogP contribution in [0.1, 0.15) is 68.1 Å². The third-order valence-electron chi connectivity index (χ3n) is 6.90. The molecule has 9 heteroatoms. The van der Waals surface area contributed by atoms with Crippen molar-refractivity contribution in [2.75, 3.05) is 40.9 Å². The van der Waals surface area contributed by atoms with Gasteiger partial charge in [0.25, 0.3) is 5.91 Å². The van der Waals surface area contributed by atoms with E-state index in [1.165, 1.54) is 10.6 Å². The zero-order valence-corrected chi connectivity index (χ0v) is 26.4. The molecule has 1 unspecified atom stereocenters. The molecule has 0 bridgehead atoms. The number of carbonyl (C=O) groups excluding carboxylic acids is 2. The van der Waals surface area contributed by atoms with Gasteiger partial charge in [-0.05, 0) is 76.6 Å². The van der Waals surface area contributed by atoms with Gasteiger partial charge in [-0.15, -0.1) is 6.58 Å². The number of rotatable bonds is 10. The van der Waals surface area contributed by atoms with Crippen LogP contribution < -0.4 is 20.1 Å². The fourth-order valence-corrected chi connectivity index (χ4v) is 4.29. The average Bonchev–Trinajstić information content (AvgIpc) is 3.14. The van der Waals surface area contributed by atoms with Crippen LogP contribution in [0, 0.1) is 0 Å². The lowest BCUT2D eigenvalue weighted by Crippen LogP contribution is -2.41. The molecule has 0 saturated heterocycles. The lowest BCUT2D eigenvalue weighted by atomic mass is 9.93. The first kappa shape index (κ1) is 33.9. The lowest BCUT2D eigenvalue weighted by molar-refractivity contribution is 0.0951. The number of nitrogens with zero attached hydrogens (tertiary/aromatic N) is 3. The van der Waals surface area contributed by atoms with Crippen LogP contribution in [0.5, 0.6) is 11.5 Å². The summed E-state index contributed by atoms with van der Waals surface area (Å²) in [5.74, 6) is 1.05. The van der Waals surface area contributed by atoms with Crippen LogP contribution >= 0.6 is 0 Å². The third-order valence-corrected chi connectivity index (χ3v) is 6.90. The number of likely N-dealkylation sites (N-methyl/N-ethyl adjacent to an activating group) is 1. The Morgan fingerprint density at radius 1 is 1.14 bits per heavy atom. The maximum absolute atomic E-state index is 12.7. The van der Waals surface area contributed by atoms with Crippen LogP contribution in [-0.4, -0.2) is 74.5 Å². The maximum atomic E-state index is 12.7. The highest BCUT2D eigenvalue weighted by Crippen LogP contribution is 2.34. The van der Waals surface area contributed by atoms with Crippen LogP contribution in [0.25, 0.3) is 0 Å². The number of urea groups is 1. The minimum atomic E-state index is -0.299. The Morgan fingerprint density at radius 3 is 2.29 bits per heavy atom. The second kappa shape index (κ2) is 16.9. The van der Waals surface area contributed by atoms with Crippen molar-refractivity contribution in [1.29, 1.82) is 0 Å². The van der Waals surface area contributed by atoms with Crippen LogP contribution in [0.4, 0.5) is 4.79 Å². The highest BCUT2D eigenvalue weighted by molar-refractivity contribution is 6.15. The van der Waals surface area contributed by atoms with Gasteiger partial charge in [-0.2, -0.15) is 5.10 Å². The number of methoxy groups -OCH3 is 2. The normalized spacial score (nSPS) is 14.0. The molecule has 1 atom stereocenters. The molecule has 9 nitrogen and oxygen atoms in total. The molecule has 2 N–H and O–H groups in total. The van der Waals surface area contributed by atoms with Crippen molar-refractivity contribution >= 4 is 17.6 Å². The van der Waals surface area contributed by atoms with Crippen molar-refractivity contribution in [3.63, 3.8) is 0 Å². The topological polar surface area (TPSA) is 95.5 Å². The van der Waals surface area contributed by atoms with Gasteiger partial charge in [0.05, 0.1) is 26.0 Å². The largest absolute Gasteiger partial charge is 0.493 e. The lowest BCUT2D eigenvalue weighted by Gasteiger charge is -2.22. The molecule has 0 fully saturated rings. The number of hydrogen-bond donors (Lipinski definition) is 2. The van der Waals surface area contributed by atoms with E-state index in [1.807, 2.05) is 57.3 Å². The third kappa shape index (κ3) is 9.12. The SMILES string of the molecule is C/C=C\N(CC)CCNC(=O)c1ccc(C2=NN(C(=O)NC)C(C)Cc3cc(OC)c(OC)cc32)cc1.C=C(C)CC. The average molecular weight is 578 g/mol. The standard InChI is InChI=1S/C28H37N5O4.C5H10/c1-7-14-32(8-2)15-13-30-27(34)21-11-9-20(10-12-21)26-23-18-25(37-6)24(36-5)17-22(23)16-19(3)33(31-26)28(35)29-4;1-4-5(2)3/h7,9-12,14,17-19H,8,13,15-16H2,1-6H3,(H,29,35)(H,30,34);2,4H2,1,3H3/b14-7-;. The summed E-state index contributed by atoms with van der Waals surface area (Å²) in [5.41, 5.74) is 5.02. The first-order valence-electron chi connectivity index (χ1n) is 14.4. The van der Waals surface area contributed by atoms with Crippen LogP contribution in [0.15, 0.2) is 65.9 Å². The molecule has 3 rings (SSSR count). The number of hydrazone groups is 1. The van der Waals surface area contributed by atoms with Gasteiger partial charge in [0.15, 0.2) is 11.5 Å². The fraction of sp³-hybridized carbons (Fsp3) is 0.424. The van der Waals surface area contributed by atoms with Crippen LogP contribution in [0.2, 0.25) is 0 Å². The van der Waals surface area contributed by atoms with E-state index in [-0.39, 0.29) is 18.0 Å². The van der Waals surface area contributed by atoms with Gasteiger partial charge in [0, 0.05) is 43.4 Å². The number of nitrogens with one attached hydrogen (secondary N) is 2. The molecule has 0 aromatic heterocycles. The molecule has 0 radical (unpaired) electrons. The molecule has 0 aliphatic carbocycles. The number of allylic oxidation sites excluding steroid dienone is 2. The van der Waals surface area contributed by atoms with Crippen molar-refractivity contribution in [2.45, 2.75) is 53.5 Å². The summed E-state index contributed by atoms with van der Waals surface area (Å²) >= 11 is 0. The monoisotopic (exact) mass is 577 g/mol. The van der Waals surface area contributed by atoms with E-state index >= 15 is 0 Å². The van der Waals surface area contributed by atoms with Gasteiger partial charge in [-0.3, -0.25) is 4.79 Å². The Morgan fingerprint density at radius 2 is 1.76 bits per heavy atom. The van der Waals surface area contributed by atoms with E-state index < -0.39 is 0 Å². The van der Waals surface area contributed by atoms with E-state index in [4.69, 9.17) is 14.6 Å². The zero-order chi connectivity index (χ0) is 31.2. The van der Waals surface area contributed by atoms with E-state index in [0.29, 0.717) is 35.7 Å². The summed E-state index contributed by atoms with van der Waals surface area (Å²) in [5, 5.41) is 11.9. The van der Waals surface area contributed by atoms with Gasteiger partial charge >= 0.3 is 6.03 Å². The zero-order valence-electron chi connectivity index (χ0n) is 26.4. The van der Waals surface area contributed by atoms with Gasteiger partial charge < -0.3 is 25.0 Å². The summed E-state index contributed by atoms with van der Waals surface area (Å²) in [6.07, 6.45) is 5.69. The van der Waals surface area contributed by atoms with E-state index in [9.17, 15) is 9.59 Å². The highest BCUT2D eigenvalue weighted by atomic mass is 16.5. The molecule has 3 amide bonds. The Labute approximate surface area is 251 Å². The minimum absolute atomic E-state index is 0.140. The van der Waals surface area contributed by atoms with E-state index in [1.54, 1.807) is 33.4 Å². The van der Waals surface area contributed by atoms with Crippen LogP contribution in [-0.2, 0) is 6.42 Å².